The van der Waals surface area contributed by atoms with Crippen LogP contribution < -0.4 is 14.8 Å². The Morgan fingerprint density at radius 1 is 0.973 bits per heavy atom. The van der Waals surface area contributed by atoms with Gasteiger partial charge < -0.3 is 29.4 Å². The molecule has 0 spiro atoms. The number of carbonyl (C=O) groups excluding carboxylic acids is 3. The number of hydrogen-bond acceptors (Lipinski definition) is 10. The number of aliphatic hydroxyl groups is 1. The van der Waals surface area contributed by atoms with Crippen LogP contribution in [0.2, 0.25) is 0 Å². The first-order valence-electron chi connectivity index (χ1n) is 11.5. The Hall–Kier alpha value is -4.19. The average Bonchev–Trinajstić information content (AvgIpc) is 2.81. The summed E-state index contributed by atoms with van der Waals surface area (Å²) in [5, 5.41) is 22.1. The molecule has 200 valence electrons. The van der Waals surface area contributed by atoms with Gasteiger partial charge in [0.2, 0.25) is 0 Å². The minimum Gasteiger partial charge on any atom is -0.464 e. The van der Waals surface area contributed by atoms with E-state index in [2.05, 4.69) is 5.32 Å². The quantitative estimate of drug-likeness (QED) is 0.146. The molecule has 0 bridgehead atoms. The summed E-state index contributed by atoms with van der Waals surface area (Å²) in [6.07, 6.45) is -0.795. The summed E-state index contributed by atoms with van der Waals surface area (Å²) < 4.78 is 20.6. The van der Waals surface area contributed by atoms with Crippen LogP contribution in [0, 0.1) is 10.1 Å². The highest BCUT2D eigenvalue weighted by molar-refractivity contribution is 5.81. The van der Waals surface area contributed by atoms with Crippen LogP contribution in [-0.4, -0.2) is 53.1 Å². The monoisotopic (exact) mass is 518 g/mol. The van der Waals surface area contributed by atoms with Crippen LogP contribution in [0.5, 0.6) is 11.5 Å². The normalized spacial score (nSPS) is 11.7. The summed E-state index contributed by atoms with van der Waals surface area (Å²) in [6.45, 7) is 5.16. The number of nitrogens with zero attached hydrogens (tertiary/aromatic N) is 1. The molecule has 12 nitrogen and oxygen atoms in total. The second-order valence-electron chi connectivity index (χ2n) is 8.85. The first-order chi connectivity index (χ1) is 17.5. The molecule has 2 aromatic carbocycles. The van der Waals surface area contributed by atoms with E-state index in [1.54, 1.807) is 32.9 Å². The third kappa shape index (κ3) is 10.9. The van der Waals surface area contributed by atoms with Gasteiger partial charge in [-0.25, -0.2) is 14.4 Å². The molecular formula is C25H30N2O10. The molecule has 0 saturated carbocycles. The predicted octanol–water partition coefficient (Wildman–Crippen LogP) is 3.92. The third-order valence-corrected chi connectivity index (χ3v) is 4.59. The molecule has 12 heteroatoms. The van der Waals surface area contributed by atoms with Crippen LogP contribution in [0.15, 0.2) is 48.5 Å². The fraction of sp³-hybridized carbons (Fsp3) is 0.400. The van der Waals surface area contributed by atoms with E-state index in [-0.39, 0.29) is 36.8 Å². The van der Waals surface area contributed by atoms with Gasteiger partial charge in [-0.1, -0.05) is 12.1 Å². The van der Waals surface area contributed by atoms with E-state index < -0.39 is 34.8 Å². The number of unbranched alkanes of at least 4 members (excludes halogenated alkanes) is 1. The van der Waals surface area contributed by atoms with E-state index in [0.29, 0.717) is 18.4 Å². The maximum absolute atomic E-state index is 12.6. The molecule has 0 aliphatic carbocycles. The molecule has 1 unspecified atom stereocenters. The zero-order valence-electron chi connectivity index (χ0n) is 20.8. The lowest BCUT2D eigenvalue weighted by Crippen LogP contribution is -2.45. The van der Waals surface area contributed by atoms with Gasteiger partial charge in [0.15, 0.2) is 0 Å². The van der Waals surface area contributed by atoms with Crippen LogP contribution in [0.25, 0.3) is 0 Å². The third-order valence-electron chi connectivity index (χ3n) is 4.59. The van der Waals surface area contributed by atoms with Crippen molar-refractivity contribution in [3.05, 3.63) is 64.2 Å². The van der Waals surface area contributed by atoms with Crippen molar-refractivity contribution in [2.75, 3.05) is 13.2 Å². The van der Waals surface area contributed by atoms with Crippen LogP contribution in [0.4, 0.5) is 15.3 Å². The second kappa shape index (κ2) is 13.8. The van der Waals surface area contributed by atoms with Gasteiger partial charge in [0.1, 0.15) is 23.1 Å². The number of nitro benzene ring substituents is 1. The number of ether oxygens (including phenoxy) is 4. The van der Waals surface area contributed by atoms with Gasteiger partial charge in [-0.05, 0) is 63.4 Å². The Labute approximate surface area is 213 Å². The fourth-order valence-corrected chi connectivity index (χ4v) is 2.91. The number of alkyl carbamates (subject to hydrolysis) is 1. The Bertz CT molecular complexity index is 1060. The number of aliphatic hydroxyl groups excluding tert-OH is 1. The first-order valence-corrected chi connectivity index (χ1v) is 11.5. The molecule has 2 aromatic rings. The lowest BCUT2D eigenvalue weighted by atomic mass is 10.1. The van der Waals surface area contributed by atoms with E-state index in [9.17, 15) is 24.5 Å². The van der Waals surface area contributed by atoms with Crippen molar-refractivity contribution in [2.24, 2.45) is 0 Å². The van der Waals surface area contributed by atoms with E-state index in [4.69, 9.17) is 24.1 Å². The standard InChI is InChI=1S/C25H30N2O10/c1-25(2,3)37-23(30)26-21(22(29)34-15-5-4-14-28)16-17-6-10-19(11-7-17)35-24(31)36-20-12-8-18(9-13-20)27(32)33/h6-13,21,28H,4-5,14-16H2,1-3H3,(H,26,30). The molecule has 2 rings (SSSR count). The number of amides is 1. The Kier molecular flexibility index (Phi) is 10.8. The molecule has 0 aliphatic rings. The Morgan fingerprint density at radius 2 is 1.54 bits per heavy atom. The van der Waals surface area contributed by atoms with Gasteiger partial charge in [0.05, 0.1) is 11.5 Å². The van der Waals surface area contributed by atoms with Gasteiger partial charge in [0.25, 0.3) is 5.69 Å². The predicted molar refractivity (Wildman–Crippen MR) is 130 cm³/mol. The molecule has 2 N–H and O–H groups in total. The van der Waals surface area contributed by atoms with Crippen molar-refractivity contribution < 1.29 is 43.4 Å². The highest BCUT2D eigenvalue weighted by atomic mass is 16.7. The topological polar surface area (TPSA) is 164 Å². The molecule has 0 heterocycles. The van der Waals surface area contributed by atoms with Crippen molar-refractivity contribution >= 4 is 23.9 Å². The maximum atomic E-state index is 12.6. The Morgan fingerprint density at radius 3 is 2.05 bits per heavy atom. The van der Waals surface area contributed by atoms with Crippen LogP contribution in [0.3, 0.4) is 0 Å². The first kappa shape index (κ1) is 29.0. The largest absolute Gasteiger partial charge is 0.519 e. The lowest BCUT2D eigenvalue weighted by molar-refractivity contribution is -0.384. The number of carbonyl (C=O) groups is 3. The van der Waals surface area contributed by atoms with Gasteiger partial charge in [-0.3, -0.25) is 10.1 Å². The van der Waals surface area contributed by atoms with Crippen molar-refractivity contribution in [1.29, 1.82) is 0 Å². The minimum absolute atomic E-state index is 0.0209. The van der Waals surface area contributed by atoms with Crippen LogP contribution in [-0.2, 0) is 20.7 Å². The smallest absolute Gasteiger partial charge is 0.464 e. The van der Waals surface area contributed by atoms with Crippen molar-refractivity contribution in [3.63, 3.8) is 0 Å². The second-order valence-corrected chi connectivity index (χ2v) is 8.85. The zero-order chi connectivity index (χ0) is 27.4. The number of nitro groups is 1. The molecule has 0 radical (unpaired) electrons. The molecule has 0 aromatic heterocycles. The van der Waals surface area contributed by atoms with Crippen LogP contribution >= 0.6 is 0 Å². The lowest BCUT2D eigenvalue weighted by Gasteiger charge is -2.23. The fourth-order valence-electron chi connectivity index (χ4n) is 2.91. The Balaban J connectivity index is 1.99. The summed E-state index contributed by atoms with van der Waals surface area (Å²) in [6, 6.07) is 10.0. The maximum Gasteiger partial charge on any atom is 0.519 e. The SMILES string of the molecule is CC(C)(C)OC(=O)NC(Cc1ccc(OC(=O)Oc2ccc([N+](=O)[O-])cc2)cc1)C(=O)OCCCCO. The molecule has 0 saturated heterocycles. The van der Waals surface area contributed by atoms with Gasteiger partial charge >= 0.3 is 18.2 Å². The summed E-state index contributed by atoms with van der Waals surface area (Å²) in [5.74, 6) is -0.435. The summed E-state index contributed by atoms with van der Waals surface area (Å²) >= 11 is 0. The number of benzene rings is 2. The van der Waals surface area contributed by atoms with E-state index in [1.165, 1.54) is 36.4 Å². The molecule has 1 amide bonds. The van der Waals surface area contributed by atoms with Crippen molar-refractivity contribution in [3.8, 4) is 11.5 Å². The number of rotatable bonds is 11. The van der Waals surface area contributed by atoms with E-state index in [0.717, 1.165) is 0 Å². The minimum atomic E-state index is -1.04. The highest BCUT2D eigenvalue weighted by Crippen LogP contribution is 2.19. The number of non-ortho nitro benzene ring substituents is 1. The van der Waals surface area contributed by atoms with Crippen molar-refractivity contribution in [1.82, 2.24) is 5.32 Å². The molecular weight excluding hydrogens is 488 g/mol. The zero-order valence-corrected chi connectivity index (χ0v) is 20.8. The van der Waals surface area contributed by atoms with Crippen LogP contribution in [0.1, 0.15) is 39.2 Å². The molecule has 0 aliphatic heterocycles. The number of nitrogens with one attached hydrogen (secondary N) is 1. The average molecular weight is 519 g/mol. The number of hydrogen-bond donors (Lipinski definition) is 2. The molecule has 0 fully saturated rings. The molecule has 37 heavy (non-hydrogen) atoms. The molecule has 1 atom stereocenters. The number of esters is 1. The summed E-state index contributed by atoms with van der Waals surface area (Å²) in [4.78, 5) is 47.0. The summed E-state index contributed by atoms with van der Waals surface area (Å²) in [7, 11) is 0. The van der Waals surface area contributed by atoms with Crippen molar-refractivity contribution in [2.45, 2.75) is 51.7 Å². The van der Waals surface area contributed by atoms with E-state index in [1.807, 2.05) is 0 Å². The van der Waals surface area contributed by atoms with E-state index >= 15 is 0 Å². The van der Waals surface area contributed by atoms with Gasteiger partial charge in [-0.15, -0.1) is 0 Å². The van der Waals surface area contributed by atoms with Gasteiger partial charge in [0, 0.05) is 25.2 Å². The highest BCUT2D eigenvalue weighted by Gasteiger charge is 2.26. The summed E-state index contributed by atoms with van der Waals surface area (Å²) in [5.41, 5.74) is -0.281. The van der Waals surface area contributed by atoms with Gasteiger partial charge in [-0.2, -0.15) is 0 Å².